The minimum Gasteiger partial charge on any atom is -0.340 e. The van der Waals surface area contributed by atoms with Gasteiger partial charge in [-0.25, -0.2) is 8.42 Å². The summed E-state index contributed by atoms with van der Waals surface area (Å²) in [5.41, 5.74) is -0.0230. The average Bonchev–Trinajstić information content (AvgIpc) is 3.12. The largest absolute Gasteiger partial charge is 0.340 e. The van der Waals surface area contributed by atoms with Gasteiger partial charge >= 0.3 is 0 Å². The molecule has 0 aromatic carbocycles. The van der Waals surface area contributed by atoms with Gasteiger partial charge in [0.2, 0.25) is 5.91 Å². The molecule has 3 rings (SSSR count). The van der Waals surface area contributed by atoms with Gasteiger partial charge in [0.1, 0.15) is 9.84 Å². The second-order valence-corrected chi connectivity index (χ2v) is 9.98. The molecule has 126 valence electrons. The van der Waals surface area contributed by atoms with E-state index < -0.39 is 9.84 Å². The fourth-order valence-electron chi connectivity index (χ4n) is 4.08. The molecule has 1 aliphatic heterocycles. The van der Waals surface area contributed by atoms with Gasteiger partial charge in [0.15, 0.2) is 0 Å². The van der Waals surface area contributed by atoms with E-state index in [1.807, 2.05) is 4.90 Å². The first kappa shape index (κ1) is 16.2. The highest BCUT2D eigenvalue weighted by atomic mass is 32.2. The smallest absolute Gasteiger partial charge is 0.226 e. The van der Waals surface area contributed by atoms with Gasteiger partial charge in [-0.2, -0.15) is 0 Å². The molecular weight excluding hydrogens is 300 g/mol. The molecule has 0 spiro atoms. The monoisotopic (exact) mass is 328 g/mol. The van der Waals surface area contributed by atoms with E-state index in [2.05, 4.69) is 11.8 Å². The third kappa shape index (κ3) is 3.65. The molecule has 5 nitrogen and oxygen atoms in total. The summed E-state index contributed by atoms with van der Waals surface area (Å²) in [7, 11) is -2.92. The van der Waals surface area contributed by atoms with Crippen LogP contribution in [0.4, 0.5) is 0 Å². The Morgan fingerprint density at radius 3 is 2.18 bits per heavy atom. The van der Waals surface area contributed by atoms with Crippen molar-refractivity contribution in [2.75, 3.05) is 44.7 Å². The lowest BCUT2D eigenvalue weighted by atomic mass is 9.70. The van der Waals surface area contributed by atoms with Crippen molar-refractivity contribution in [3.63, 3.8) is 0 Å². The molecule has 0 unspecified atom stereocenters. The number of sulfone groups is 1. The van der Waals surface area contributed by atoms with E-state index in [-0.39, 0.29) is 11.3 Å². The Morgan fingerprint density at radius 1 is 1.18 bits per heavy atom. The minimum absolute atomic E-state index is 0.0230. The lowest BCUT2D eigenvalue weighted by Crippen LogP contribution is -2.54. The molecule has 2 atom stereocenters. The second kappa shape index (κ2) is 5.78. The predicted molar refractivity (Wildman–Crippen MR) is 86.3 cm³/mol. The first-order chi connectivity index (χ1) is 10.3. The van der Waals surface area contributed by atoms with Crippen molar-refractivity contribution < 1.29 is 13.2 Å². The summed E-state index contributed by atoms with van der Waals surface area (Å²) in [6.45, 7) is 6.40. The topological polar surface area (TPSA) is 57.7 Å². The molecule has 0 radical (unpaired) electrons. The maximum atomic E-state index is 12.2. The summed E-state index contributed by atoms with van der Waals surface area (Å²) in [6, 6.07) is 0. The first-order valence-corrected chi connectivity index (χ1v) is 10.5. The normalized spacial score (nSPS) is 31.6. The lowest BCUT2D eigenvalue weighted by molar-refractivity contribution is -0.134. The zero-order valence-electron chi connectivity index (χ0n) is 13.8. The maximum absolute atomic E-state index is 12.2. The van der Waals surface area contributed by atoms with Crippen molar-refractivity contribution in [2.24, 2.45) is 17.3 Å². The summed E-state index contributed by atoms with van der Waals surface area (Å²) in [5, 5.41) is 0. The zero-order valence-corrected chi connectivity index (χ0v) is 14.6. The molecule has 0 bridgehead atoms. The van der Waals surface area contributed by atoms with Crippen molar-refractivity contribution in [3.05, 3.63) is 0 Å². The molecule has 0 N–H and O–H groups in total. The first-order valence-electron chi connectivity index (χ1n) is 8.47. The van der Waals surface area contributed by atoms with Crippen LogP contribution in [-0.2, 0) is 14.6 Å². The molecule has 1 saturated heterocycles. The van der Waals surface area contributed by atoms with Gasteiger partial charge < -0.3 is 4.90 Å². The summed E-state index contributed by atoms with van der Waals surface area (Å²) in [4.78, 5) is 16.6. The number of amides is 1. The summed E-state index contributed by atoms with van der Waals surface area (Å²) < 4.78 is 23.3. The summed E-state index contributed by atoms with van der Waals surface area (Å²) >= 11 is 0. The van der Waals surface area contributed by atoms with Gasteiger partial charge in [-0.1, -0.05) is 13.3 Å². The SMILES string of the molecule is C[C@H]1C[C@H]1C(=O)N1CCN(CC2(CS(C)(=O)=O)CCC2)CC1. The van der Waals surface area contributed by atoms with Gasteiger partial charge in [-0.05, 0) is 30.6 Å². The van der Waals surface area contributed by atoms with Crippen molar-refractivity contribution in [1.29, 1.82) is 0 Å². The van der Waals surface area contributed by atoms with E-state index in [1.165, 1.54) is 6.26 Å². The second-order valence-electron chi connectivity index (χ2n) is 7.84. The van der Waals surface area contributed by atoms with Gasteiger partial charge in [0.05, 0.1) is 5.75 Å². The molecule has 0 aromatic rings. The van der Waals surface area contributed by atoms with E-state index in [0.29, 0.717) is 17.6 Å². The van der Waals surface area contributed by atoms with Crippen molar-refractivity contribution in [1.82, 2.24) is 9.80 Å². The summed E-state index contributed by atoms with van der Waals surface area (Å²) in [5.74, 6) is 1.49. The molecule has 3 fully saturated rings. The van der Waals surface area contributed by atoms with Crippen LogP contribution in [0.15, 0.2) is 0 Å². The number of rotatable bonds is 5. The van der Waals surface area contributed by atoms with E-state index >= 15 is 0 Å². The molecule has 6 heteroatoms. The number of hydrogen-bond acceptors (Lipinski definition) is 4. The lowest BCUT2D eigenvalue weighted by Gasteiger charge is -2.46. The Morgan fingerprint density at radius 2 is 1.77 bits per heavy atom. The maximum Gasteiger partial charge on any atom is 0.226 e. The van der Waals surface area contributed by atoms with E-state index in [0.717, 1.165) is 58.4 Å². The molecule has 1 heterocycles. The van der Waals surface area contributed by atoms with Crippen LogP contribution in [0, 0.1) is 17.3 Å². The quantitative estimate of drug-likeness (QED) is 0.755. The number of piperazine rings is 1. The van der Waals surface area contributed by atoms with Crippen LogP contribution >= 0.6 is 0 Å². The van der Waals surface area contributed by atoms with E-state index in [9.17, 15) is 13.2 Å². The molecule has 2 aliphatic carbocycles. The molecule has 2 saturated carbocycles. The Labute approximate surface area is 134 Å². The van der Waals surface area contributed by atoms with Crippen LogP contribution in [-0.4, -0.2) is 68.9 Å². The van der Waals surface area contributed by atoms with Crippen molar-refractivity contribution >= 4 is 15.7 Å². The average molecular weight is 328 g/mol. The molecule has 3 aliphatic rings. The predicted octanol–water partition coefficient (Wildman–Crippen LogP) is 1.00. The fraction of sp³-hybridized carbons (Fsp3) is 0.938. The van der Waals surface area contributed by atoms with Crippen LogP contribution < -0.4 is 0 Å². The highest BCUT2D eigenvalue weighted by Crippen LogP contribution is 2.43. The highest BCUT2D eigenvalue weighted by molar-refractivity contribution is 7.90. The fourth-order valence-corrected chi connectivity index (χ4v) is 5.57. The Bertz CT molecular complexity index is 534. The number of nitrogens with zero attached hydrogens (tertiary/aromatic N) is 2. The number of carbonyl (C=O) groups is 1. The van der Waals surface area contributed by atoms with Gasteiger partial charge in [-0.15, -0.1) is 0 Å². The number of hydrogen-bond donors (Lipinski definition) is 0. The molecular formula is C16H28N2O3S. The minimum atomic E-state index is -2.92. The molecule has 0 aromatic heterocycles. The van der Waals surface area contributed by atoms with Crippen LogP contribution in [0.5, 0.6) is 0 Å². The zero-order chi connectivity index (χ0) is 16.0. The highest BCUT2D eigenvalue weighted by Gasteiger charge is 2.44. The Balaban J connectivity index is 1.50. The van der Waals surface area contributed by atoms with Gasteiger partial charge in [-0.3, -0.25) is 9.69 Å². The van der Waals surface area contributed by atoms with E-state index in [1.54, 1.807) is 0 Å². The number of carbonyl (C=O) groups excluding carboxylic acids is 1. The van der Waals surface area contributed by atoms with Crippen LogP contribution in [0.3, 0.4) is 0 Å². The van der Waals surface area contributed by atoms with Gasteiger partial charge in [0.25, 0.3) is 0 Å². The Kier molecular flexibility index (Phi) is 4.27. The third-order valence-corrected chi connectivity index (χ3v) is 6.79. The van der Waals surface area contributed by atoms with Gasteiger partial charge in [0, 0.05) is 44.9 Å². The van der Waals surface area contributed by atoms with E-state index in [4.69, 9.17) is 0 Å². The van der Waals surface area contributed by atoms with Crippen LogP contribution in [0.25, 0.3) is 0 Å². The van der Waals surface area contributed by atoms with Crippen molar-refractivity contribution in [2.45, 2.75) is 32.6 Å². The standard InChI is InChI=1S/C16H28N2O3S/c1-13-10-14(13)15(19)18-8-6-17(7-9-18)11-16(4-3-5-16)12-22(2,20)21/h13-14H,3-12H2,1-2H3/t13-,14+/m0/s1. The molecule has 1 amide bonds. The van der Waals surface area contributed by atoms with Crippen molar-refractivity contribution in [3.8, 4) is 0 Å². The molecule has 22 heavy (non-hydrogen) atoms. The Hall–Kier alpha value is -0.620. The summed E-state index contributed by atoms with van der Waals surface area (Å²) in [6.07, 6.45) is 5.60. The van der Waals surface area contributed by atoms with Crippen LogP contribution in [0.1, 0.15) is 32.6 Å². The van der Waals surface area contributed by atoms with Crippen LogP contribution in [0.2, 0.25) is 0 Å². The third-order valence-electron chi connectivity index (χ3n) is 5.65.